The Morgan fingerprint density at radius 1 is 1.05 bits per heavy atom. The van der Waals surface area contributed by atoms with Gasteiger partial charge in [0.2, 0.25) is 15.9 Å². The van der Waals surface area contributed by atoms with Crippen molar-refractivity contribution in [1.29, 1.82) is 0 Å². The molecule has 0 fully saturated rings. The van der Waals surface area contributed by atoms with E-state index < -0.39 is 22.0 Å². The van der Waals surface area contributed by atoms with E-state index in [1.54, 1.807) is 12.1 Å². The fraction of sp³-hybridized carbons (Fsp3) is 0.346. The minimum absolute atomic E-state index is 0.0275. The fourth-order valence-electron chi connectivity index (χ4n) is 4.03. The highest BCUT2D eigenvalue weighted by Crippen LogP contribution is 2.22. The maximum atomic E-state index is 12.9. The largest absolute Gasteiger partial charge is 0.480 e. The number of sulfonamides is 1. The van der Waals surface area contributed by atoms with Gasteiger partial charge in [-0.2, -0.15) is 4.72 Å². The second kappa shape index (κ2) is 12.3. The van der Waals surface area contributed by atoms with E-state index >= 15 is 0 Å². The van der Waals surface area contributed by atoms with Crippen LogP contribution in [0.3, 0.4) is 0 Å². The van der Waals surface area contributed by atoms with E-state index in [-0.39, 0.29) is 17.2 Å². The Bertz CT molecular complexity index is 1400. The van der Waals surface area contributed by atoms with Gasteiger partial charge in [0.1, 0.15) is 6.04 Å². The van der Waals surface area contributed by atoms with Crippen LogP contribution in [0.5, 0.6) is 0 Å². The molecule has 4 rings (SSSR count). The highest BCUT2D eigenvalue weighted by molar-refractivity contribution is 7.89. The minimum atomic E-state index is -4.02. The third-order valence-corrected chi connectivity index (χ3v) is 8.62. The van der Waals surface area contributed by atoms with Gasteiger partial charge in [0.15, 0.2) is 5.96 Å². The number of carboxylic acid groups (broad SMARTS) is 1. The van der Waals surface area contributed by atoms with Gasteiger partial charge in [0.25, 0.3) is 0 Å². The number of thiophene rings is 1. The first-order valence-corrected chi connectivity index (χ1v) is 14.5. The minimum Gasteiger partial charge on any atom is -0.480 e. The predicted octanol–water partition coefficient (Wildman–Crippen LogP) is 3.05. The highest BCUT2D eigenvalue weighted by atomic mass is 32.2. The van der Waals surface area contributed by atoms with E-state index in [1.807, 2.05) is 36.4 Å². The molecule has 196 valence electrons. The number of nitrogens with one attached hydrogen (secondary N) is 3. The van der Waals surface area contributed by atoms with Crippen molar-refractivity contribution in [3.8, 4) is 0 Å². The van der Waals surface area contributed by atoms with Gasteiger partial charge in [-0.25, -0.2) is 8.42 Å². The monoisotopic (exact) mass is 542 g/mol. The molecule has 1 aliphatic heterocycles. The molecule has 2 heterocycles. The maximum Gasteiger partial charge on any atom is 0.322 e. The predicted molar refractivity (Wildman–Crippen MR) is 144 cm³/mol. The van der Waals surface area contributed by atoms with E-state index in [9.17, 15) is 23.1 Å². The number of rotatable bonds is 11. The summed E-state index contributed by atoms with van der Waals surface area (Å²) in [4.78, 5) is 30.0. The average Bonchev–Trinajstić information content (AvgIpc) is 3.33. The summed E-state index contributed by atoms with van der Waals surface area (Å²) in [5.41, 5.74) is 0. The van der Waals surface area contributed by atoms with Gasteiger partial charge in [-0.3, -0.25) is 19.9 Å². The Morgan fingerprint density at radius 3 is 2.59 bits per heavy atom. The SMILES string of the molecule is O=C(CCCCc1ccc(C[C@H](NS(=O)(=O)c2ccc3ccccc3c2)C(=O)O)s1)NC1=NCCCN1. The van der Waals surface area contributed by atoms with E-state index in [1.165, 1.54) is 17.4 Å². The maximum absolute atomic E-state index is 12.9. The van der Waals surface area contributed by atoms with Crippen molar-refractivity contribution >= 4 is 50.0 Å². The standard InChI is InChI=1S/C26H30N4O5S2/c31-24(29-26-27-14-5-15-28-26)9-4-3-8-20-11-12-21(36-20)17-23(25(32)33)30-37(34,35)22-13-10-18-6-1-2-7-19(18)16-22/h1-2,6-7,10-13,16,23,30H,3-5,8-9,14-15,17H2,(H,32,33)(H2,27,28,29,31)/t23-/m0/s1. The zero-order valence-electron chi connectivity index (χ0n) is 20.3. The van der Waals surface area contributed by atoms with Crippen LogP contribution in [-0.2, 0) is 32.5 Å². The molecule has 1 amide bonds. The van der Waals surface area contributed by atoms with Crippen LogP contribution in [0.1, 0.15) is 35.4 Å². The normalized spacial score (nSPS) is 14.5. The molecule has 0 spiro atoms. The van der Waals surface area contributed by atoms with Gasteiger partial charge in [-0.05, 0) is 60.7 Å². The van der Waals surface area contributed by atoms with Crippen molar-refractivity contribution in [3.05, 3.63) is 64.4 Å². The Kier molecular flexibility index (Phi) is 8.91. The van der Waals surface area contributed by atoms with E-state index in [4.69, 9.17) is 0 Å². The summed E-state index contributed by atoms with van der Waals surface area (Å²) in [6.45, 7) is 1.53. The van der Waals surface area contributed by atoms with Gasteiger partial charge in [-0.1, -0.05) is 30.3 Å². The first-order chi connectivity index (χ1) is 17.8. The first kappa shape index (κ1) is 26.8. The van der Waals surface area contributed by atoms with Crippen LogP contribution in [0.4, 0.5) is 0 Å². The number of carbonyl (C=O) groups excluding carboxylic acids is 1. The molecule has 1 atom stereocenters. The van der Waals surface area contributed by atoms with Crippen LogP contribution in [0.15, 0.2) is 64.5 Å². The van der Waals surface area contributed by atoms with Crippen LogP contribution < -0.4 is 15.4 Å². The molecule has 0 aliphatic carbocycles. The average molecular weight is 543 g/mol. The number of fused-ring (bicyclic) bond motifs is 1. The lowest BCUT2D eigenvalue weighted by molar-refractivity contribution is -0.138. The summed E-state index contributed by atoms with van der Waals surface area (Å²) in [5.74, 6) is -0.756. The molecular weight excluding hydrogens is 512 g/mol. The molecule has 0 saturated carbocycles. The lowest BCUT2D eigenvalue weighted by Gasteiger charge is -2.15. The number of guanidine groups is 1. The Labute approximate surface area is 220 Å². The van der Waals surface area contributed by atoms with E-state index in [0.29, 0.717) is 12.4 Å². The van der Waals surface area contributed by atoms with Crippen molar-refractivity contribution in [3.63, 3.8) is 0 Å². The van der Waals surface area contributed by atoms with Crippen LogP contribution in [0.25, 0.3) is 10.8 Å². The van der Waals surface area contributed by atoms with Gasteiger partial charge in [-0.15, -0.1) is 11.3 Å². The van der Waals surface area contributed by atoms with E-state index in [0.717, 1.165) is 59.3 Å². The van der Waals surface area contributed by atoms with Crippen LogP contribution in [0.2, 0.25) is 0 Å². The lowest BCUT2D eigenvalue weighted by atomic mass is 10.1. The molecule has 3 aromatic rings. The molecule has 0 unspecified atom stereocenters. The lowest BCUT2D eigenvalue weighted by Crippen LogP contribution is -2.43. The second-order valence-corrected chi connectivity index (χ2v) is 11.8. The van der Waals surface area contributed by atoms with Crippen LogP contribution >= 0.6 is 11.3 Å². The number of carbonyl (C=O) groups is 2. The second-order valence-electron chi connectivity index (χ2n) is 8.86. The van der Waals surface area contributed by atoms with Crippen molar-refractivity contribution in [1.82, 2.24) is 15.4 Å². The summed E-state index contributed by atoms with van der Waals surface area (Å²) in [5, 5.41) is 17.2. The molecule has 11 heteroatoms. The molecule has 37 heavy (non-hydrogen) atoms. The smallest absolute Gasteiger partial charge is 0.322 e. The van der Waals surface area contributed by atoms with Crippen molar-refractivity contribution in [2.45, 2.75) is 49.5 Å². The van der Waals surface area contributed by atoms with Crippen molar-refractivity contribution in [2.75, 3.05) is 13.1 Å². The number of nitrogens with zero attached hydrogens (tertiary/aromatic N) is 1. The van der Waals surface area contributed by atoms with Gasteiger partial charge in [0.05, 0.1) is 4.90 Å². The molecular formula is C26H30N4O5S2. The molecule has 0 bridgehead atoms. The van der Waals surface area contributed by atoms with Gasteiger partial charge in [0, 0.05) is 35.7 Å². The molecule has 9 nitrogen and oxygen atoms in total. The number of unbranched alkanes of at least 4 members (excludes halogenated alkanes) is 1. The topological polar surface area (TPSA) is 137 Å². The summed E-state index contributed by atoms with van der Waals surface area (Å²) in [6, 6.07) is 14.6. The number of amides is 1. The molecule has 2 aromatic carbocycles. The number of hydrogen-bond donors (Lipinski definition) is 4. The fourth-order valence-corrected chi connectivity index (χ4v) is 6.36. The Morgan fingerprint density at radius 2 is 1.84 bits per heavy atom. The number of aliphatic imine (C=N–C) groups is 1. The van der Waals surface area contributed by atoms with Crippen LogP contribution in [-0.4, -0.2) is 50.5 Å². The zero-order valence-corrected chi connectivity index (χ0v) is 21.9. The number of aliphatic carboxylic acids is 1. The summed E-state index contributed by atoms with van der Waals surface area (Å²) >= 11 is 1.46. The Hall–Kier alpha value is -3.28. The summed E-state index contributed by atoms with van der Waals surface area (Å²) < 4.78 is 28.2. The zero-order chi connectivity index (χ0) is 26.3. The van der Waals surface area contributed by atoms with Crippen molar-refractivity contribution < 1.29 is 23.1 Å². The summed E-state index contributed by atoms with van der Waals surface area (Å²) in [6.07, 6.45) is 3.70. The number of aryl methyl sites for hydroxylation is 1. The van der Waals surface area contributed by atoms with Gasteiger partial charge >= 0.3 is 5.97 Å². The van der Waals surface area contributed by atoms with Gasteiger partial charge < -0.3 is 10.4 Å². The number of benzene rings is 2. The van der Waals surface area contributed by atoms with Crippen LogP contribution in [0, 0.1) is 0 Å². The molecule has 4 N–H and O–H groups in total. The van der Waals surface area contributed by atoms with E-state index in [2.05, 4.69) is 20.3 Å². The van der Waals surface area contributed by atoms with Crippen molar-refractivity contribution in [2.24, 2.45) is 4.99 Å². The number of hydrogen-bond acceptors (Lipinski definition) is 7. The summed E-state index contributed by atoms with van der Waals surface area (Å²) in [7, 11) is -4.02. The third kappa shape index (κ3) is 7.61. The molecule has 0 saturated heterocycles. The third-order valence-electron chi connectivity index (χ3n) is 5.98. The molecule has 1 aromatic heterocycles. The molecule has 0 radical (unpaired) electrons. The first-order valence-electron chi connectivity index (χ1n) is 12.2. The highest BCUT2D eigenvalue weighted by Gasteiger charge is 2.26. The molecule has 1 aliphatic rings. The number of carboxylic acids is 1. The Balaban J connectivity index is 1.28. The quantitative estimate of drug-likeness (QED) is 0.275.